The summed E-state index contributed by atoms with van der Waals surface area (Å²) in [6.07, 6.45) is -0.402. The Bertz CT molecular complexity index is 279. The molecule has 0 spiro atoms. The standard InChI is InChI=1S/C6H10N4O4S2/c7-5(15)9-13-3(11)1-2-4(12)14-10-6(8)16/h1-2H2,(H3,7,9,15)(H3,8,10,16). The second-order valence-corrected chi connectivity index (χ2v) is 3.26. The van der Waals surface area contributed by atoms with Gasteiger partial charge in [0.2, 0.25) is 0 Å². The lowest BCUT2D eigenvalue weighted by Gasteiger charge is -2.05. The zero-order valence-electron chi connectivity index (χ0n) is 8.02. The fourth-order valence-electron chi connectivity index (χ4n) is 0.521. The zero-order chi connectivity index (χ0) is 12.6. The van der Waals surface area contributed by atoms with Crippen LogP contribution in [0.15, 0.2) is 0 Å². The van der Waals surface area contributed by atoms with Crippen molar-refractivity contribution in [2.45, 2.75) is 12.8 Å². The Kier molecular flexibility index (Phi) is 6.79. The first kappa shape index (κ1) is 14.3. The third kappa shape index (κ3) is 8.90. The van der Waals surface area contributed by atoms with Crippen molar-refractivity contribution in [3.63, 3.8) is 0 Å². The minimum atomic E-state index is -0.708. The lowest BCUT2D eigenvalue weighted by atomic mass is 10.3. The van der Waals surface area contributed by atoms with Gasteiger partial charge in [0.25, 0.3) is 0 Å². The number of nitrogens with one attached hydrogen (secondary N) is 2. The number of hydrogen-bond acceptors (Lipinski definition) is 6. The first-order valence-electron chi connectivity index (χ1n) is 3.92. The molecule has 0 aliphatic rings. The van der Waals surface area contributed by atoms with Gasteiger partial charge in [0.1, 0.15) is 0 Å². The van der Waals surface area contributed by atoms with Crippen LogP contribution in [-0.2, 0) is 19.3 Å². The summed E-state index contributed by atoms with van der Waals surface area (Å²) >= 11 is 8.76. The molecule has 0 aromatic carbocycles. The Morgan fingerprint density at radius 2 is 1.25 bits per heavy atom. The van der Waals surface area contributed by atoms with Gasteiger partial charge in [-0.1, -0.05) is 0 Å². The second-order valence-electron chi connectivity index (χ2n) is 2.38. The summed E-state index contributed by atoms with van der Waals surface area (Å²) in [5, 5.41) is -0.378. The van der Waals surface area contributed by atoms with Crippen LogP contribution in [0.1, 0.15) is 12.8 Å². The molecule has 90 valence electrons. The SMILES string of the molecule is NC(=S)NOC(=O)CCC(=O)ONC(N)=S. The lowest BCUT2D eigenvalue weighted by Crippen LogP contribution is -2.33. The molecule has 6 N–H and O–H groups in total. The minimum absolute atomic E-state index is 0.189. The molecule has 0 fully saturated rings. The normalized spacial score (nSPS) is 8.75. The first-order chi connectivity index (χ1) is 7.41. The van der Waals surface area contributed by atoms with E-state index in [1.165, 1.54) is 0 Å². The summed E-state index contributed by atoms with van der Waals surface area (Å²) in [7, 11) is 0. The van der Waals surface area contributed by atoms with Crippen molar-refractivity contribution in [2.24, 2.45) is 11.5 Å². The van der Waals surface area contributed by atoms with E-state index in [-0.39, 0.29) is 23.1 Å². The Hall–Kier alpha value is -1.68. The van der Waals surface area contributed by atoms with Crippen LogP contribution in [-0.4, -0.2) is 22.2 Å². The molecule has 0 heterocycles. The van der Waals surface area contributed by atoms with Crippen molar-refractivity contribution < 1.29 is 19.3 Å². The lowest BCUT2D eigenvalue weighted by molar-refractivity contribution is -0.154. The van der Waals surface area contributed by atoms with Gasteiger partial charge in [-0.3, -0.25) is 0 Å². The molecule has 0 bridgehead atoms. The summed E-state index contributed by atoms with van der Waals surface area (Å²) in [5.41, 5.74) is 13.9. The van der Waals surface area contributed by atoms with Gasteiger partial charge in [0.15, 0.2) is 10.2 Å². The molecular formula is C6H10N4O4S2. The second kappa shape index (κ2) is 7.59. The fourth-order valence-corrected chi connectivity index (χ4v) is 0.604. The van der Waals surface area contributed by atoms with E-state index in [1.54, 1.807) is 0 Å². The van der Waals surface area contributed by atoms with Gasteiger partial charge in [-0.2, -0.15) is 11.0 Å². The fraction of sp³-hybridized carbons (Fsp3) is 0.333. The third-order valence-electron chi connectivity index (χ3n) is 1.06. The van der Waals surface area contributed by atoms with Gasteiger partial charge in [0, 0.05) is 0 Å². The Morgan fingerprint density at radius 1 is 0.938 bits per heavy atom. The van der Waals surface area contributed by atoms with Crippen molar-refractivity contribution in [1.29, 1.82) is 0 Å². The van der Waals surface area contributed by atoms with Gasteiger partial charge in [-0.25, -0.2) is 9.59 Å². The Balaban J connectivity index is 3.63. The predicted octanol–water partition coefficient (Wildman–Crippen LogP) is -1.65. The van der Waals surface area contributed by atoms with Crippen LogP contribution in [0.25, 0.3) is 0 Å². The van der Waals surface area contributed by atoms with E-state index in [2.05, 4.69) is 34.1 Å². The number of hydrogen-bond donors (Lipinski definition) is 4. The molecule has 0 saturated heterocycles. The van der Waals surface area contributed by atoms with Crippen molar-refractivity contribution >= 4 is 46.6 Å². The largest absolute Gasteiger partial charge is 0.374 e. The smallest absolute Gasteiger partial charge is 0.332 e. The predicted molar refractivity (Wildman–Crippen MR) is 61.3 cm³/mol. The molecule has 0 aliphatic carbocycles. The van der Waals surface area contributed by atoms with E-state index in [4.69, 9.17) is 11.5 Å². The first-order valence-corrected chi connectivity index (χ1v) is 4.73. The average molecular weight is 266 g/mol. The number of carbonyl (C=O) groups is 2. The molecular weight excluding hydrogens is 256 g/mol. The molecule has 0 rings (SSSR count). The summed E-state index contributed by atoms with van der Waals surface area (Å²) < 4.78 is 0. The third-order valence-corrected chi connectivity index (χ3v) is 1.23. The summed E-state index contributed by atoms with van der Waals surface area (Å²) in [4.78, 5) is 30.5. The minimum Gasteiger partial charge on any atom is -0.374 e. The highest BCUT2D eigenvalue weighted by Gasteiger charge is 2.10. The Labute approximate surface area is 102 Å². The van der Waals surface area contributed by atoms with E-state index in [0.29, 0.717) is 0 Å². The van der Waals surface area contributed by atoms with Gasteiger partial charge in [-0.15, -0.1) is 0 Å². The molecule has 10 heteroatoms. The van der Waals surface area contributed by atoms with E-state index in [9.17, 15) is 9.59 Å². The number of hydroxylamine groups is 2. The maximum atomic E-state index is 10.9. The van der Waals surface area contributed by atoms with Crippen LogP contribution in [0.5, 0.6) is 0 Å². The number of rotatable bonds is 3. The van der Waals surface area contributed by atoms with Crippen molar-refractivity contribution in [2.75, 3.05) is 0 Å². The number of thiocarbonyl (C=S) groups is 2. The molecule has 0 unspecified atom stereocenters. The van der Waals surface area contributed by atoms with Gasteiger partial charge < -0.3 is 21.1 Å². The van der Waals surface area contributed by atoms with E-state index in [1.807, 2.05) is 11.0 Å². The van der Waals surface area contributed by atoms with Gasteiger partial charge in [0.05, 0.1) is 12.8 Å². The summed E-state index contributed by atoms with van der Waals surface area (Å²) in [6.45, 7) is 0. The molecule has 0 aromatic heterocycles. The van der Waals surface area contributed by atoms with Crippen LogP contribution in [0.3, 0.4) is 0 Å². The highest BCUT2D eigenvalue weighted by atomic mass is 32.1. The molecule has 0 amide bonds. The van der Waals surface area contributed by atoms with Crippen molar-refractivity contribution in [1.82, 2.24) is 11.0 Å². The van der Waals surface area contributed by atoms with E-state index >= 15 is 0 Å². The van der Waals surface area contributed by atoms with E-state index in [0.717, 1.165) is 0 Å². The highest BCUT2D eigenvalue weighted by molar-refractivity contribution is 7.80. The summed E-state index contributed by atoms with van der Waals surface area (Å²) in [5.74, 6) is -1.42. The molecule has 0 radical (unpaired) electrons. The number of carbonyl (C=O) groups excluding carboxylic acids is 2. The van der Waals surface area contributed by atoms with Gasteiger partial charge in [-0.05, 0) is 24.4 Å². The highest BCUT2D eigenvalue weighted by Crippen LogP contribution is 1.93. The molecule has 0 aliphatic heterocycles. The quantitative estimate of drug-likeness (QED) is 0.348. The van der Waals surface area contributed by atoms with Crippen LogP contribution in [0.2, 0.25) is 0 Å². The molecule has 0 aromatic rings. The molecule has 16 heavy (non-hydrogen) atoms. The van der Waals surface area contributed by atoms with Crippen molar-refractivity contribution in [3.05, 3.63) is 0 Å². The maximum Gasteiger partial charge on any atom is 0.332 e. The molecule has 0 saturated carbocycles. The van der Waals surface area contributed by atoms with Crippen LogP contribution in [0.4, 0.5) is 0 Å². The zero-order valence-corrected chi connectivity index (χ0v) is 9.65. The average Bonchev–Trinajstić information content (AvgIpc) is 2.20. The van der Waals surface area contributed by atoms with E-state index < -0.39 is 11.9 Å². The summed E-state index contributed by atoms with van der Waals surface area (Å²) in [6, 6.07) is 0. The molecule has 8 nitrogen and oxygen atoms in total. The van der Waals surface area contributed by atoms with Crippen LogP contribution in [0, 0.1) is 0 Å². The number of nitrogens with two attached hydrogens (primary N) is 2. The molecule has 0 atom stereocenters. The maximum absolute atomic E-state index is 10.9. The van der Waals surface area contributed by atoms with Crippen LogP contribution < -0.4 is 22.4 Å². The topological polar surface area (TPSA) is 129 Å². The van der Waals surface area contributed by atoms with Gasteiger partial charge >= 0.3 is 11.9 Å². The Morgan fingerprint density at radius 3 is 1.50 bits per heavy atom. The monoisotopic (exact) mass is 266 g/mol. The van der Waals surface area contributed by atoms with Crippen LogP contribution >= 0.6 is 24.4 Å². The van der Waals surface area contributed by atoms with Crippen molar-refractivity contribution in [3.8, 4) is 0 Å².